The highest BCUT2D eigenvalue weighted by Crippen LogP contribution is 2.42. The van der Waals surface area contributed by atoms with Crippen molar-refractivity contribution in [3.05, 3.63) is 27.8 Å². The number of fused-ring (bicyclic) bond motifs is 1. The zero-order valence-corrected chi connectivity index (χ0v) is 13.8. The summed E-state index contributed by atoms with van der Waals surface area (Å²) in [6, 6.07) is 3.32. The lowest BCUT2D eigenvalue weighted by atomic mass is 10.0. The van der Waals surface area contributed by atoms with Crippen LogP contribution in [0.15, 0.2) is 12.1 Å². The van der Waals surface area contributed by atoms with Crippen molar-refractivity contribution in [3.8, 4) is 5.75 Å². The van der Waals surface area contributed by atoms with E-state index in [0.29, 0.717) is 44.0 Å². The van der Waals surface area contributed by atoms with Crippen molar-refractivity contribution in [2.24, 2.45) is 0 Å². The number of ether oxygens (including phenoxy) is 1. The van der Waals surface area contributed by atoms with Crippen LogP contribution in [0.25, 0.3) is 0 Å². The van der Waals surface area contributed by atoms with Gasteiger partial charge in [0, 0.05) is 50.3 Å². The van der Waals surface area contributed by atoms with Gasteiger partial charge in [0.15, 0.2) is 0 Å². The number of piperazine rings is 1. The van der Waals surface area contributed by atoms with Gasteiger partial charge in [0.25, 0.3) is 12.1 Å². The molecule has 1 saturated heterocycles. The first kappa shape index (κ1) is 16.9. The summed E-state index contributed by atoms with van der Waals surface area (Å²) in [5.74, 6) is 0.676. The smallest absolute Gasteiger partial charge is 0.293 e. The molecular weight excluding hydrogens is 320 g/mol. The van der Waals surface area contributed by atoms with Gasteiger partial charge < -0.3 is 9.64 Å². The molecule has 2 aliphatic heterocycles. The van der Waals surface area contributed by atoms with Gasteiger partial charge in [-0.3, -0.25) is 15.0 Å². The zero-order chi connectivity index (χ0) is 17.5. The lowest BCUT2D eigenvalue weighted by Gasteiger charge is -2.35. The quantitative estimate of drug-likeness (QED) is 0.622. The predicted octanol–water partition coefficient (Wildman–Crippen LogP) is 2.70. The maximum atomic E-state index is 12.5. The van der Waals surface area contributed by atoms with Crippen LogP contribution in [0.4, 0.5) is 20.2 Å². The number of nitrogens with zero attached hydrogens (tertiary/aromatic N) is 3. The molecule has 0 amide bonds. The fourth-order valence-electron chi connectivity index (χ4n) is 3.39. The SMILES string of the molecule is CC1(C)Cc2cc([N+](=O)[O-])c(N3CCN(CC(F)F)CC3)cc2O1. The van der Waals surface area contributed by atoms with Crippen molar-refractivity contribution < 1.29 is 18.4 Å². The Morgan fingerprint density at radius 3 is 2.54 bits per heavy atom. The predicted molar refractivity (Wildman–Crippen MR) is 86.2 cm³/mol. The molecule has 6 nitrogen and oxygen atoms in total. The van der Waals surface area contributed by atoms with Crippen LogP contribution >= 0.6 is 0 Å². The van der Waals surface area contributed by atoms with Crippen LogP contribution in [0.2, 0.25) is 0 Å². The van der Waals surface area contributed by atoms with E-state index in [-0.39, 0.29) is 22.8 Å². The second-order valence-corrected chi connectivity index (χ2v) is 6.92. The molecule has 1 aromatic rings. The topological polar surface area (TPSA) is 58.9 Å². The van der Waals surface area contributed by atoms with Crippen LogP contribution in [-0.4, -0.2) is 54.6 Å². The molecule has 8 heteroatoms. The molecule has 3 rings (SSSR count). The van der Waals surface area contributed by atoms with Gasteiger partial charge in [-0.15, -0.1) is 0 Å². The second-order valence-electron chi connectivity index (χ2n) is 6.92. The third kappa shape index (κ3) is 3.43. The maximum Gasteiger partial charge on any atom is 0.293 e. The molecule has 0 radical (unpaired) electrons. The average Bonchev–Trinajstić information content (AvgIpc) is 2.79. The second kappa shape index (κ2) is 6.16. The minimum atomic E-state index is -2.36. The largest absolute Gasteiger partial charge is 0.487 e. The first-order valence-electron chi connectivity index (χ1n) is 8.01. The van der Waals surface area contributed by atoms with Gasteiger partial charge >= 0.3 is 0 Å². The molecule has 0 atom stereocenters. The van der Waals surface area contributed by atoms with Crippen LogP contribution in [-0.2, 0) is 6.42 Å². The lowest BCUT2D eigenvalue weighted by Crippen LogP contribution is -2.47. The maximum absolute atomic E-state index is 12.5. The monoisotopic (exact) mass is 341 g/mol. The van der Waals surface area contributed by atoms with E-state index in [9.17, 15) is 18.9 Å². The van der Waals surface area contributed by atoms with Gasteiger partial charge in [-0.1, -0.05) is 0 Å². The number of hydrogen-bond donors (Lipinski definition) is 0. The molecule has 0 spiro atoms. The Morgan fingerprint density at radius 2 is 1.96 bits per heavy atom. The van der Waals surface area contributed by atoms with Crippen molar-refractivity contribution in [1.82, 2.24) is 4.90 Å². The summed E-state index contributed by atoms with van der Waals surface area (Å²) < 4.78 is 30.8. The van der Waals surface area contributed by atoms with Crippen molar-refractivity contribution in [2.75, 3.05) is 37.6 Å². The van der Waals surface area contributed by atoms with Crippen LogP contribution < -0.4 is 9.64 Å². The number of hydrogen-bond acceptors (Lipinski definition) is 5. The van der Waals surface area contributed by atoms with Crippen molar-refractivity contribution >= 4 is 11.4 Å². The van der Waals surface area contributed by atoms with E-state index in [1.807, 2.05) is 18.7 Å². The fourth-order valence-corrected chi connectivity index (χ4v) is 3.39. The van der Waals surface area contributed by atoms with Crippen molar-refractivity contribution in [2.45, 2.75) is 32.3 Å². The third-order valence-electron chi connectivity index (χ3n) is 4.47. The van der Waals surface area contributed by atoms with Gasteiger partial charge in [-0.2, -0.15) is 0 Å². The Balaban J connectivity index is 1.82. The number of nitro benzene ring substituents is 1. The molecule has 0 bridgehead atoms. The highest BCUT2D eigenvalue weighted by atomic mass is 19.3. The molecule has 0 saturated carbocycles. The Bertz CT molecular complexity index is 644. The lowest BCUT2D eigenvalue weighted by molar-refractivity contribution is -0.384. The Labute approximate surface area is 139 Å². The molecule has 0 N–H and O–H groups in total. The van der Waals surface area contributed by atoms with E-state index >= 15 is 0 Å². The van der Waals surface area contributed by atoms with Gasteiger partial charge in [0.05, 0.1) is 11.5 Å². The third-order valence-corrected chi connectivity index (χ3v) is 4.47. The summed E-state index contributed by atoms with van der Waals surface area (Å²) in [7, 11) is 0. The first-order chi connectivity index (χ1) is 11.2. The molecule has 0 aromatic heterocycles. The summed E-state index contributed by atoms with van der Waals surface area (Å²) >= 11 is 0. The molecular formula is C16H21F2N3O3. The summed E-state index contributed by atoms with van der Waals surface area (Å²) in [6.07, 6.45) is -1.73. The normalized spacial score (nSPS) is 20.1. The van der Waals surface area contributed by atoms with Gasteiger partial charge in [-0.25, -0.2) is 8.78 Å². The number of anilines is 1. The standard InChI is InChI=1S/C16H21F2N3O3/c1-16(2)9-11-7-13(21(22)23)12(8-14(11)24-16)20-5-3-19(4-6-20)10-15(17)18/h7-8,15H,3-6,9-10H2,1-2H3. The van der Waals surface area contributed by atoms with Crippen molar-refractivity contribution in [3.63, 3.8) is 0 Å². The number of halogens is 2. The molecule has 2 heterocycles. The summed E-state index contributed by atoms with van der Waals surface area (Å²) in [4.78, 5) is 14.6. The Morgan fingerprint density at radius 1 is 1.29 bits per heavy atom. The average molecular weight is 341 g/mol. The highest BCUT2D eigenvalue weighted by Gasteiger charge is 2.34. The minimum absolute atomic E-state index is 0.0531. The molecule has 24 heavy (non-hydrogen) atoms. The molecule has 0 unspecified atom stereocenters. The number of benzene rings is 1. The van der Waals surface area contributed by atoms with Gasteiger partial charge in [0.1, 0.15) is 17.0 Å². The van der Waals surface area contributed by atoms with Crippen LogP contribution in [0.5, 0.6) is 5.75 Å². The Kier molecular flexibility index (Phi) is 4.33. The Hall–Kier alpha value is -1.96. The molecule has 0 aliphatic carbocycles. The van der Waals surface area contributed by atoms with Gasteiger partial charge in [0.2, 0.25) is 0 Å². The number of rotatable bonds is 4. The van der Waals surface area contributed by atoms with E-state index in [2.05, 4.69) is 0 Å². The summed E-state index contributed by atoms with van der Waals surface area (Å²) in [6.45, 7) is 5.53. The van der Waals surface area contributed by atoms with Crippen LogP contribution in [0.3, 0.4) is 0 Å². The zero-order valence-electron chi connectivity index (χ0n) is 13.8. The van der Waals surface area contributed by atoms with E-state index in [1.54, 1.807) is 17.0 Å². The molecule has 2 aliphatic rings. The summed E-state index contributed by atoms with van der Waals surface area (Å²) in [5, 5.41) is 11.5. The van der Waals surface area contributed by atoms with E-state index < -0.39 is 6.43 Å². The molecule has 1 fully saturated rings. The molecule has 132 valence electrons. The first-order valence-corrected chi connectivity index (χ1v) is 8.01. The van der Waals surface area contributed by atoms with Crippen LogP contribution in [0, 0.1) is 10.1 Å². The van der Waals surface area contributed by atoms with Gasteiger partial charge in [-0.05, 0) is 13.8 Å². The van der Waals surface area contributed by atoms with E-state index in [4.69, 9.17) is 4.74 Å². The van der Waals surface area contributed by atoms with E-state index in [0.717, 1.165) is 5.56 Å². The number of nitro groups is 1. The van der Waals surface area contributed by atoms with E-state index in [1.165, 1.54) is 0 Å². The molecule has 1 aromatic carbocycles. The number of alkyl halides is 2. The summed E-state index contributed by atoms with van der Waals surface area (Å²) in [5.41, 5.74) is 1.03. The highest BCUT2D eigenvalue weighted by molar-refractivity contribution is 5.69. The van der Waals surface area contributed by atoms with Crippen LogP contribution in [0.1, 0.15) is 19.4 Å². The minimum Gasteiger partial charge on any atom is -0.487 e. The van der Waals surface area contributed by atoms with Crippen molar-refractivity contribution in [1.29, 1.82) is 0 Å². The fraction of sp³-hybridized carbons (Fsp3) is 0.625.